The van der Waals surface area contributed by atoms with Crippen molar-refractivity contribution in [2.24, 2.45) is 0 Å². The molecule has 2 aliphatic heterocycles. The van der Waals surface area contributed by atoms with Crippen molar-refractivity contribution in [2.45, 2.75) is 26.2 Å². The highest BCUT2D eigenvalue weighted by Gasteiger charge is 2.27. The van der Waals surface area contributed by atoms with Crippen molar-refractivity contribution in [1.29, 1.82) is 0 Å². The van der Waals surface area contributed by atoms with Gasteiger partial charge < -0.3 is 15.0 Å². The Bertz CT molecular complexity index is 649. The van der Waals surface area contributed by atoms with Crippen molar-refractivity contribution in [1.82, 2.24) is 10.4 Å². The van der Waals surface area contributed by atoms with Crippen molar-refractivity contribution < 1.29 is 13.9 Å². The minimum absolute atomic E-state index is 0.0602. The Labute approximate surface area is 145 Å². The third kappa shape index (κ3) is 3.44. The number of ether oxygens (including phenoxy) is 1. The fraction of sp³-hybridized carbons (Fsp3) is 0.500. The molecule has 0 atom stereocenters. The Hall–Kier alpha value is -1.93. The van der Waals surface area contributed by atoms with Crippen molar-refractivity contribution in [3.63, 3.8) is 0 Å². The Balaban J connectivity index is 1.83. The van der Waals surface area contributed by atoms with Crippen LogP contribution >= 0.6 is 12.2 Å². The van der Waals surface area contributed by atoms with Crippen molar-refractivity contribution >= 4 is 34.6 Å². The second kappa shape index (κ2) is 7.31. The number of fused-ring (bicyclic) bond motifs is 1. The number of nitrogens with zero attached hydrogens (tertiary/aromatic N) is 2. The van der Waals surface area contributed by atoms with Gasteiger partial charge in [-0.05, 0) is 37.5 Å². The van der Waals surface area contributed by atoms with Crippen LogP contribution in [0.3, 0.4) is 0 Å². The first-order valence-corrected chi connectivity index (χ1v) is 8.59. The Morgan fingerprint density at radius 1 is 1.46 bits per heavy atom. The number of nitrogens with one attached hydrogen (secondary N) is 2. The molecule has 8 heteroatoms. The summed E-state index contributed by atoms with van der Waals surface area (Å²) in [5.74, 6) is -0.200. The lowest BCUT2D eigenvalue weighted by molar-refractivity contribution is -0.121. The van der Waals surface area contributed by atoms with Crippen LogP contribution in [0.5, 0.6) is 5.75 Å². The van der Waals surface area contributed by atoms with E-state index in [0.717, 1.165) is 32.4 Å². The normalized spacial score (nSPS) is 17.3. The van der Waals surface area contributed by atoms with Gasteiger partial charge in [0.05, 0.1) is 11.4 Å². The van der Waals surface area contributed by atoms with Crippen molar-refractivity contribution in [3.8, 4) is 5.75 Å². The predicted molar refractivity (Wildman–Crippen MR) is 94.7 cm³/mol. The van der Waals surface area contributed by atoms with Gasteiger partial charge in [-0.3, -0.25) is 9.80 Å². The number of halogens is 1. The second-order valence-corrected chi connectivity index (χ2v) is 6.22. The Kier molecular flexibility index (Phi) is 5.15. The van der Waals surface area contributed by atoms with Gasteiger partial charge in [0.15, 0.2) is 17.5 Å². The highest BCUT2D eigenvalue weighted by molar-refractivity contribution is 7.80. The first-order chi connectivity index (χ1) is 11.6. The first-order valence-electron chi connectivity index (χ1n) is 8.19. The monoisotopic (exact) mass is 352 g/mol. The zero-order valence-corrected chi connectivity index (χ0v) is 14.4. The van der Waals surface area contributed by atoms with E-state index in [4.69, 9.17) is 17.0 Å². The molecule has 0 bridgehead atoms. The number of carbonyl (C=O) groups excluding carboxylic acids is 1. The molecule has 0 unspecified atom stereocenters. The highest BCUT2D eigenvalue weighted by atomic mass is 32.1. The Morgan fingerprint density at radius 3 is 3.00 bits per heavy atom. The van der Waals surface area contributed by atoms with Gasteiger partial charge in [0.25, 0.3) is 5.91 Å². The molecule has 2 aliphatic rings. The summed E-state index contributed by atoms with van der Waals surface area (Å²) < 4.78 is 19.7. The van der Waals surface area contributed by atoms with E-state index in [-0.39, 0.29) is 18.2 Å². The summed E-state index contributed by atoms with van der Waals surface area (Å²) >= 11 is 5.35. The minimum atomic E-state index is -0.459. The topological polar surface area (TPSA) is 56.8 Å². The third-order valence-electron chi connectivity index (χ3n) is 4.04. The van der Waals surface area contributed by atoms with E-state index in [2.05, 4.69) is 10.7 Å². The molecule has 1 amide bonds. The number of thiocarbonyl (C=S) groups is 1. The molecule has 3 rings (SSSR count). The summed E-state index contributed by atoms with van der Waals surface area (Å²) in [5, 5.41) is 5.16. The molecular formula is C16H21FN4O2S. The first kappa shape index (κ1) is 16.9. The molecule has 2 N–H and O–H groups in total. The van der Waals surface area contributed by atoms with E-state index < -0.39 is 5.82 Å². The highest BCUT2D eigenvalue weighted by Crippen LogP contribution is 2.36. The maximum atomic E-state index is 14.4. The minimum Gasteiger partial charge on any atom is -0.481 e. The molecule has 1 saturated heterocycles. The fourth-order valence-electron chi connectivity index (χ4n) is 2.83. The van der Waals surface area contributed by atoms with Crippen LogP contribution in [0.4, 0.5) is 15.8 Å². The number of amides is 1. The molecule has 0 spiro atoms. The maximum absolute atomic E-state index is 14.4. The van der Waals surface area contributed by atoms with Crippen LogP contribution in [0.2, 0.25) is 0 Å². The molecule has 0 aliphatic carbocycles. The maximum Gasteiger partial charge on any atom is 0.265 e. The van der Waals surface area contributed by atoms with Gasteiger partial charge in [0.2, 0.25) is 0 Å². The number of anilines is 2. The van der Waals surface area contributed by atoms with Crippen LogP contribution in [-0.2, 0) is 4.79 Å². The van der Waals surface area contributed by atoms with Crippen LogP contribution in [0.15, 0.2) is 12.1 Å². The van der Waals surface area contributed by atoms with E-state index in [1.165, 1.54) is 6.07 Å². The summed E-state index contributed by atoms with van der Waals surface area (Å²) in [6.07, 6.45) is 2.94. The second-order valence-electron chi connectivity index (χ2n) is 5.83. The summed E-state index contributed by atoms with van der Waals surface area (Å²) in [7, 11) is 0. The lowest BCUT2D eigenvalue weighted by atomic mass is 10.2. The van der Waals surface area contributed by atoms with Crippen LogP contribution < -0.4 is 20.4 Å². The number of carbonyl (C=O) groups is 1. The van der Waals surface area contributed by atoms with Crippen LogP contribution in [-0.4, -0.2) is 42.3 Å². The molecule has 2 heterocycles. The van der Waals surface area contributed by atoms with E-state index >= 15 is 0 Å². The molecule has 1 fully saturated rings. The predicted octanol–water partition coefficient (Wildman–Crippen LogP) is 2.26. The molecular weight excluding hydrogens is 331 g/mol. The van der Waals surface area contributed by atoms with Gasteiger partial charge in [0.1, 0.15) is 5.75 Å². The van der Waals surface area contributed by atoms with Crippen LogP contribution in [0.1, 0.15) is 26.2 Å². The lowest BCUT2D eigenvalue weighted by Crippen LogP contribution is -2.48. The summed E-state index contributed by atoms with van der Waals surface area (Å²) in [6.45, 7) is 4.12. The SMILES string of the molecule is CCCN1C(=O)COc2cc(F)c(NC(=S)N3CCCCN3)cc21. The van der Waals surface area contributed by atoms with E-state index in [9.17, 15) is 9.18 Å². The molecule has 0 aromatic heterocycles. The summed E-state index contributed by atoms with van der Waals surface area (Å²) in [6, 6.07) is 2.90. The molecule has 130 valence electrons. The fourth-order valence-corrected chi connectivity index (χ4v) is 3.10. The third-order valence-corrected chi connectivity index (χ3v) is 4.36. The van der Waals surface area contributed by atoms with Crippen molar-refractivity contribution in [2.75, 3.05) is 36.5 Å². The summed E-state index contributed by atoms with van der Waals surface area (Å²) in [5.41, 5.74) is 3.99. The number of benzene rings is 1. The summed E-state index contributed by atoms with van der Waals surface area (Å²) in [4.78, 5) is 13.7. The zero-order valence-electron chi connectivity index (χ0n) is 13.6. The Morgan fingerprint density at radius 2 is 2.29 bits per heavy atom. The average molecular weight is 352 g/mol. The number of hydrazine groups is 1. The molecule has 24 heavy (non-hydrogen) atoms. The van der Waals surface area contributed by atoms with E-state index in [1.54, 1.807) is 11.0 Å². The van der Waals surface area contributed by atoms with Crippen molar-refractivity contribution in [3.05, 3.63) is 17.9 Å². The van der Waals surface area contributed by atoms with E-state index in [0.29, 0.717) is 23.1 Å². The number of rotatable bonds is 3. The van der Waals surface area contributed by atoms with Gasteiger partial charge >= 0.3 is 0 Å². The largest absolute Gasteiger partial charge is 0.481 e. The molecule has 1 aromatic carbocycles. The molecule has 6 nitrogen and oxygen atoms in total. The average Bonchev–Trinajstić information content (AvgIpc) is 2.59. The van der Waals surface area contributed by atoms with Crippen LogP contribution in [0.25, 0.3) is 0 Å². The molecule has 0 radical (unpaired) electrons. The molecule has 0 saturated carbocycles. The quantitative estimate of drug-likeness (QED) is 0.814. The van der Waals surface area contributed by atoms with Gasteiger partial charge in [-0.25, -0.2) is 9.82 Å². The standard InChI is InChI=1S/C16H21FN4O2S/c1-2-6-20-13-9-12(11(17)8-14(13)23-10-15(20)22)19-16(24)21-7-4-3-5-18-21/h8-9,18H,2-7,10H2,1H3,(H,19,24). The van der Waals surface area contributed by atoms with Gasteiger partial charge in [-0.15, -0.1) is 0 Å². The number of hydrogen-bond acceptors (Lipinski definition) is 4. The van der Waals surface area contributed by atoms with Gasteiger partial charge in [-0.1, -0.05) is 6.92 Å². The van der Waals surface area contributed by atoms with Gasteiger partial charge in [-0.2, -0.15) is 0 Å². The zero-order chi connectivity index (χ0) is 17.1. The smallest absolute Gasteiger partial charge is 0.265 e. The lowest BCUT2D eigenvalue weighted by Gasteiger charge is -2.31. The molecule has 1 aromatic rings. The van der Waals surface area contributed by atoms with Gasteiger partial charge in [0, 0.05) is 25.7 Å². The van der Waals surface area contributed by atoms with Crippen LogP contribution in [0, 0.1) is 5.82 Å². The number of hydrogen-bond donors (Lipinski definition) is 2. The van der Waals surface area contributed by atoms with E-state index in [1.807, 2.05) is 11.9 Å².